The normalized spacial score (nSPS) is 12.8. The van der Waals surface area contributed by atoms with Gasteiger partial charge >= 0.3 is 0 Å². The van der Waals surface area contributed by atoms with Gasteiger partial charge in [0, 0.05) is 6.54 Å². The summed E-state index contributed by atoms with van der Waals surface area (Å²) in [6.07, 6.45) is 0.934. The predicted molar refractivity (Wildman–Crippen MR) is 72.6 cm³/mol. The zero-order chi connectivity index (χ0) is 13.1. The molecule has 1 heterocycles. The zero-order valence-electron chi connectivity index (χ0n) is 11.2. The lowest BCUT2D eigenvalue weighted by Gasteiger charge is -2.15. The molecule has 0 fully saturated rings. The summed E-state index contributed by atoms with van der Waals surface area (Å²) < 4.78 is 1.81. The van der Waals surface area contributed by atoms with Crippen molar-refractivity contribution in [3.8, 4) is 0 Å². The van der Waals surface area contributed by atoms with Gasteiger partial charge in [-0.25, -0.2) is 4.98 Å². The van der Waals surface area contributed by atoms with E-state index in [1.54, 1.807) is 0 Å². The summed E-state index contributed by atoms with van der Waals surface area (Å²) in [6, 6.07) is 7.74. The van der Waals surface area contributed by atoms with Crippen LogP contribution < -0.4 is 10.9 Å². The van der Waals surface area contributed by atoms with Gasteiger partial charge in [0.1, 0.15) is 6.04 Å². The first-order chi connectivity index (χ1) is 8.69. The molecule has 0 radical (unpaired) electrons. The molecule has 96 valence electrons. The maximum Gasteiger partial charge on any atom is 0.261 e. The second-order valence-corrected chi connectivity index (χ2v) is 4.57. The molecule has 1 aromatic heterocycles. The molecule has 2 N–H and O–H groups in total. The fourth-order valence-electron chi connectivity index (χ4n) is 2.12. The van der Waals surface area contributed by atoms with Crippen molar-refractivity contribution in [3.05, 3.63) is 40.4 Å². The summed E-state index contributed by atoms with van der Waals surface area (Å²) in [6.45, 7) is 4.87. The molecule has 0 unspecified atom stereocenters. The van der Waals surface area contributed by atoms with Gasteiger partial charge in [-0.05, 0) is 25.5 Å². The van der Waals surface area contributed by atoms with Crippen LogP contribution in [0.2, 0.25) is 0 Å². The molecule has 1 aromatic carbocycles. The lowest BCUT2D eigenvalue weighted by Crippen LogP contribution is -2.80. The van der Waals surface area contributed by atoms with Gasteiger partial charge in [0.2, 0.25) is 0 Å². The minimum Gasteiger partial charge on any atom is -0.340 e. The molecule has 4 heteroatoms. The van der Waals surface area contributed by atoms with Gasteiger partial charge in [0.05, 0.1) is 18.0 Å². The first kappa shape index (κ1) is 12.8. The number of hydrogen-bond donors (Lipinski definition) is 1. The lowest BCUT2D eigenvalue weighted by molar-refractivity contribution is -0.668. The third-order valence-electron chi connectivity index (χ3n) is 3.25. The topological polar surface area (TPSA) is 51.5 Å². The highest BCUT2D eigenvalue weighted by molar-refractivity contribution is 5.77. The second kappa shape index (κ2) is 5.31. The van der Waals surface area contributed by atoms with E-state index in [4.69, 9.17) is 0 Å². The second-order valence-electron chi connectivity index (χ2n) is 4.57. The van der Waals surface area contributed by atoms with Gasteiger partial charge in [-0.2, -0.15) is 0 Å². The lowest BCUT2D eigenvalue weighted by atomic mass is 10.2. The summed E-state index contributed by atoms with van der Waals surface area (Å²) in [5.41, 5.74) is 0.865. The van der Waals surface area contributed by atoms with Crippen molar-refractivity contribution in [2.45, 2.75) is 32.9 Å². The summed E-state index contributed by atoms with van der Waals surface area (Å²) in [7, 11) is 2.00. The monoisotopic (exact) mass is 246 g/mol. The van der Waals surface area contributed by atoms with Gasteiger partial charge in [-0.3, -0.25) is 9.36 Å². The molecule has 0 aliphatic heterocycles. The summed E-state index contributed by atoms with van der Waals surface area (Å²) in [5, 5.41) is 2.78. The Hall–Kier alpha value is -1.68. The van der Waals surface area contributed by atoms with E-state index in [0.717, 1.165) is 24.3 Å². The maximum absolute atomic E-state index is 12.5. The SMILES string of the molecule is CCCn1c([C@@H](C)[NH2+]C)nc2ccccc2c1=O. The number of quaternary nitrogens is 1. The van der Waals surface area contributed by atoms with Crippen molar-refractivity contribution in [2.75, 3.05) is 7.05 Å². The van der Waals surface area contributed by atoms with Crippen LogP contribution in [0.25, 0.3) is 10.9 Å². The van der Waals surface area contributed by atoms with Gasteiger partial charge in [-0.1, -0.05) is 19.1 Å². The van der Waals surface area contributed by atoms with Gasteiger partial charge < -0.3 is 5.32 Å². The van der Waals surface area contributed by atoms with Crippen molar-refractivity contribution in [3.63, 3.8) is 0 Å². The molecule has 0 amide bonds. The van der Waals surface area contributed by atoms with Crippen molar-refractivity contribution in [2.24, 2.45) is 0 Å². The Labute approximate surface area is 107 Å². The average Bonchev–Trinajstić information content (AvgIpc) is 2.41. The number of nitrogens with zero attached hydrogens (tertiary/aromatic N) is 2. The molecule has 0 bridgehead atoms. The van der Waals surface area contributed by atoms with E-state index in [-0.39, 0.29) is 11.6 Å². The van der Waals surface area contributed by atoms with E-state index >= 15 is 0 Å². The minimum absolute atomic E-state index is 0.0751. The van der Waals surface area contributed by atoms with E-state index in [0.29, 0.717) is 5.39 Å². The molecule has 18 heavy (non-hydrogen) atoms. The van der Waals surface area contributed by atoms with E-state index in [1.165, 1.54) is 0 Å². The molecule has 4 nitrogen and oxygen atoms in total. The van der Waals surface area contributed by atoms with Crippen LogP contribution in [0.15, 0.2) is 29.1 Å². The molecular weight excluding hydrogens is 226 g/mol. The Kier molecular flexibility index (Phi) is 3.77. The third-order valence-corrected chi connectivity index (χ3v) is 3.25. The Morgan fingerprint density at radius 1 is 1.39 bits per heavy atom. The largest absolute Gasteiger partial charge is 0.340 e. The number of para-hydroxylation sites is 1. The molecule has 2 rings (SSSR count). The highest BCUT2D eigenvalue weighted by Crippen LogP contribution is 2.11. The molecule has 0 aliphatic carbocycles. The van der Waals surface area contributed by atoms with E-state index in [2.05, 4.69) is 24.1 Å². The Morgan fingerprint density at radius 2 is 2.11 bits per heavy atom. The Balaban J connectivity index is 2.74. The first-order valence-corrected chi connectivity index (χ1v) is 6.48. The van der Waals surface area contributed by atoms with Gasteiger partial charge in [0.15, 0.2) is 5.82 Å². The van der Waals surface area contributed by atoms with Crippen LogP contribution in [0.5, 0.6) is 0 Å². The fraction of sp³-hybridized carbons (Fsp3) is 0.429. The number of rotatable bonds is 4. The van der Waals surface area contributed by atoms with E-state index < -0.39 is 0 Å². The van der Waals surface area contributed by atoms with Crippen molar-refractivity contribution >= 4 is 10.9 Å². The number of nitrogens with two attached hydrogens (primary N) is 1. The summed E-state index contributed by atoms with van der Waals surface area (Å²) in [5.74, 6) is 0.864. The molecule has 0 spiro atoms. The molecule has 0 saturated carbocycles. The molecule has 0 saturated heterocycles. The van der Waals surface area contributed by atoms with Crippen LogP contribution >= 0.6 is 0 Å². The van der Waals surface area contributed by atoms with Gasteiger partial charge in [0.25, 0.3) is 5.56 Å². The highest BCUT2D eigenvalue weighted by atomic mass is 16.1. The standard InChI is InChI=1S/C14H19N3O/c1-4-9-17-13(10(2)15-3)16-12-8-6-5-7-11(12)14(17)18/h5-8,10,15H,4,9H2,1-3H3/p+1/t10-/m1/s1. The average molecular weight is 246 g/mol. The van der Waals surface area contributed by atoms with E-state index in [9.17, 15) is 4.79 Å². The Morgan fingerprint density at radius 3 is 2.78 bits per heavy atom. The number of fused-ring (bicyclic) bond motifs is 1. The van der Waals surface area contributed by atoms with Crippen molar-refractivity contribution < 1.29 is 5.32 Å². The van der Waals surface area contributed by atoms with Crippen LogP contribution in [0.1, 0.15) is 32.1 Å². The van der Waals surface area contributed by atoms with Crippen LogP contribution in [0.3, 0.4) is 0 Å². The van der Waals surface area contributed by atoms with E-state index in [1.807, 2.05) is 35.9 Å². The molecule has 0 aliphatic rings. The number of hydrogen-bond acceptors (Lipinski definition) is 2. The summed E-state index contributed by atoms with van der Waals surface area (Å²) >= 11 is 0. The van der Waals surface area contributed by atoms with Gasteiger partial charge in [-0.15, -0.1) is 0 Å². The zero-order valence-corrected chi connectivity index (χ0v) is 11.2. The quantitative estimate of drug-likeness (QED) is 0.877. The van der Waals surface area contributed by atoms with Crippen molar-refractivity contribution in [1.29, 1.82) is 0 Å². The number of benzene rings is 1. The minimum atomic E-state index is 0.0751. The van der Waals surface area contributed by atoms with Crippen molar-refractivity contribution in [1.82, 2.24) is 9.55 Å². The predicted octanol–water partition coefficient (Wildman–Crippen LogP) is 1.06. The maximum atomic E-state index is 12.5. The molecule has 2 aromatic rings. The fourth-order valence-corrected chi connectivity index (χ4v) is 2.12. The van der Waals surface area contributed by atoms with Crippen LogP contribution in [0, 0.1) is 0 Å². The summed E-state index contributed by atoms with van der Waals surface area (Å²) in [4.78, 5) is 17.1. The first-order valence-electron chi connectivity index (χ1n) is 6.48. The van der Waals surface area contributed by atoms with Crippen LogP contribution in [-0.4, -0.2) is 16.6 Å². The molecular formula is C14H20N3O+. The van der Waals surface area contributed by atoms with Crippen LogP contribution in [-0.2, 0) is 6.54 Å². The van der Waals surface area contributed by atoms with Crippen LogP contribution in [0.4, 0.5) is 0 Å². The third kappa shape index (κ3) is 2.16. The smallest absolute Gasteiger partial charge is 0.261 e. The highest BCUT2D eigenvalue weighted by Gasteiger charge is 2.16. The molecule has 1 atom stereocenters. The number of aromatic nitrogens is 2. The Bertz CT molecular complexity index is 604.